The zero-order valence-electron chi connectivity index (χ0n) is 9.05. The Morgan fingerprint density at radius 1 is 1.57 bits per heavy atom. The van der Waals surface area contributed by atoms with E-state index in [4.69, 9.17) is 4.74 Å². The molecule has 0 bridgehead atoms. The molecule has 1 atom stereocenters. The Kier molecular flexibility index (Phi) is 4.71. The Hall–Kier alpha value is -0.790. The molecule has 80 valence electrons. The monoisotopic (exact) mass is 196 g/mol. The molecule has 1 saturated carbocycles. The predicted molar refractivity (Wildman–Crippen MR) is 57.0 cm³/mol. The van der Waals surface area contributed by atoms with E-state index in [2.05, 4.69) is 13.5 Å². The van der Waals surface area contributed by atoms with E-state index >= 15 is 0 Å². The van der Waals surface area contributed by atoms with Crippen LogP contribution in [-0.4, -0.2) is 12.1 Å². The maximum absolute atomic E-state index is 11.3. The number of carbonyl (C=O) groups is 1. The summed E-state index contributed by atoms with van der Waals surface area (Å²) in [5, 5.41) is 0. The van der Waals surface area contributed by atoms with Crippen molar-refractivity contribution in [2.75, 3.05) is 0 Å². The molecule has 1 aliphatic rings. The van der Waals surface area contributed by atoms with Gasteiger partial charge in [0.1, 0.15) is 6.10 Å². The molecule has 0 N–H and O–H groups in total. The van der Waals surface area contributed by atoms with Crippen molar-refractivity contribution >= 4 is 5.97 Å². The highest BCUT2D eigenvalue weighted by Gasteiger charge is 2.21. The largest absolute Gasteiger partial charge is 0.462 e. The third-order valence-electron chi connectivity index (χ3n) is 2.62. The molecule has 2 heteroatoms. The van der Waals surface area contributed by atoms with Crippen LogP contribution >= 0.6 is 0 Å². The summed E-state index contributed by atoms with van der Waals surface area (Å²) in [6, 6.07) is 0. The van der Waals surface area contributed by atoms with Gasteiger partial charge in [-0.25, -0.2) is 0 Å². The van der Waals surface area contributed by atoms with E-state index in [1.807, 2.05) is 0 Å². The molecule has 0 aromatic carbocycles. The first kappa shape index (κ1) is 11.3. The topological polar surface area (TPSA) is 26.3 Å². The number of ether oxygens (including phenoxy) is 1. The van der Waals surface area contributed by atoms with Crippen molar-refractivity contribution in [3.63, 3.8) is 0 Å². The van der Waals surface area contributed by atoms with E-state index in [9.17, 15) is 4.79 Å². The van der Waals surface area contributed by atoms with Crippen LogP contribution in [0.2, 0.25) is 0 Å². The van der Waals surface area contributed by atoms with Gasteiger partial charge < -0.3 is 4.74 Å². The van der Waals surface area contributed by atoms with Crippen LogP contribution in [0, 0.1) is 0 Å². The Balaban J connectivity index is 2.11. The summed E-state index contributed by atoms with van der Waals surface area (Å²) in [4.78, 5) is 11.3. The van der Waals surface area contributed by atoms with E-state index in [1.54, 1.807) is 0 Å². The fourth-order valence-electron chi connectivity index (χ4n) is 1.76. The molecule has 0 saturated heterocycles. The van der Waals surface area contributed by atoms with Gasteiger partial charge in [-0.3, -0.25) is 4.79 Å². The van der Waals surface area contributed by atoms with Crippen molar-refractivity contribution in [3.05, 3.63) is 12.2 Å². The van der Waals surface area contributed by atoms with Gasteiger partial charge in [0.05, 0.1) is 0 Å². The highest BCUT2D eigenvalue weighted by Crippen LogP contribution is 2.25. The number of unbranched alkanes of at least 4 members (excludes halogenated alkanes) is 2. The summed E-state index contributed by atoms with van der Waals surface area (Å²) in [6.45, 7) is 6.03. The molecule has 1 rings (SSSR count). The SMILES string of the molecule is C=C1CCC(OC(=O)CCCCC)C1. The Morgan fingerprint density at radius 3 is 2.93 bits per heavy atom. The smallest absolute Gasteiger partial charge is 0.306 e. The zero-order valence-corrected chi connectivity index (χ0v) is 9.05. The van der Waals surface area contributed by atoms with Crippen molar-refractivity contribution in [1.29, 1.82) is 0 Å². The third-order valence-corrected chi connectivity index (χ3v) is 2.62. The summed E-state index contributed by atoms with van der Waals surface area (Å²) in [6.07, 6.45) is 6.79. The van der Waals surface area contributed by atoms with E-state index in [-0.39, 0.29) is 12.1 Å². The molecule has 1 unspecified atom stereocenters. The van der Waals surface area contributed by atoms with E-state index in [1.165, 1.54) is 5.57 Å². The molecular weight excluding hydrogens is 176 g/mol. The third kappa shape index (κ3) is 3.95. The molecule has 0 amide bonds. The van der Waals surface area contributed by atoms with Gasteiger partial charge in [0.2, 0.25) is 0 Å². The molecule has 1 aliphatic carbocycles. The van der Waals surface area contributed by atoms with Crippen LogP contribution in [0.25, 0.3) is 0 Å². The Bertz CT molecular complexity index is 208. The summed E-state index contributed by atoms with van der Waals surface area (Å²) < 4.78 is 5.33. The van der Waals surface area contributed by atoms with Crippen LogP contribution in [0.4, 0.5) is 0 Å². The van der Waals surface area contributed by atoms with Gasteiger partial charge in [0.15, 0.2) is 0 Å². The quantitative estimate of drug-likeness (QED) is 0.383. The zero-order chi connectivity index (χ0) is 10.4. The fourth-order valence-corrected chi connectivity index (χ4v) is 1.76. The first-order valence-corrected chi connectivity index (χ1v) is 5.58. The average Bonchev–Trinajstić information content (AvgIpc) is 2.52. The minimum atomic E-state index is -0.0295. The van der Waals surface area contributed by atoms with Crippen LogP contribution < -0.4 is 0 Å². The molecule has 1 fully saturated rings. The van der Waals surface area contributed by atoms with Gasteiger partial charge in [-0.05, 0) is 19.3 Å². The van der Waals surface area contributed by atoms with Crippen LogP contribution in [0.1, 0.15) is 51.9 Å². The molecule has 0 aliphatic heterocycles. The minimum Gasteiger partial charge on any atom is -0.462 e. The molecule has 0 heterocycles. The molecule has 0 spiro atoms. The van der Waals surface area contributed by atoms with Crippen LogP contribution in [0.5, 0.6) is 0 Å². The van der Waals surface area contributed by atoms with Gasteiger partial charge in [-0.2, -0.15) is 0 Å². The van der Waals surface area contributed by atoms with Gasteiger partial charge >= 0.3 is 5.97 Å². The first-order valence-electron chi connectivity index (χ1n) is 5.58. The summed E-state index contributed by atoms with van der Waals surface area (Å²) in [5.41, 5.74) is 1.22. The lowest BCUT2D eigenvalue weighted by Crippen LogP contribution is -2.14. The summed E-state index contributed by atoms with van der Waals surface area (Å²) in [5.74, 6) is -0.0295. The molecule has 0 aromatic rings. The Morgan fingerprint density at radius 2 is 2.36 bits per heavy atom. The lowest BCUT2D eigenvalue weighted by atomic mass is 10.2. The maximum atomic E-state index is 11.3. The van der Waals surface area contributed by atoms with Crippen molar-refractivity contribution in [3.8, 4) is 0 Å². The lowest BCUT2D eigenvalue weighted by molar-refractivity contribution is -0.148. The van der Waals surface area contributed by atoms with Crippen LogP contribution in [-0.2, 0) is 9.53 Å². The molecule has 0 radical (unpaired) electrons. The van der Waals surface area contributed by atoms with Crippen molar-refractivity contribution < 1.29 is 9.53 Å². The highest BCUT2D eigenvalue weighted by atomic mass is 16.5. The van der Waals surface area contributed by atoms with Crippen LogP contribution in [0.15, 0.2) is 12.2 Å². The van der Waals surface area contributed by atoms with Gasteiger partial charge in [0.25, 0.3) is 0 Å². The van der Waals surface area contributed by atoms with E-state index in [0.29, 0.717) is 6.42 Å². The molecule has 14 heavy (non-hydrogen) atoms. The normalized spacial score (nSPS) is 21.2. The second-order valence-corrected chi connectivity index (χ2v) is 4.06. The number of hydrogen-bond donors (Lipinski definition) is 0. The molecule has 0 aromatic heterocycles. The number of hydrogen-bond acceptors (Lipinski definition) is 2. The van der Waals surface area contributed by atoms with Crippen molar-refractivity contribution in [2.24, 2.45) is 0 Å². The van der Waals surface area contributed by atoms with Gasteiger partial charge in [0, 0.05) is 12.8 Å². The van der Waals surface area contributed by atoms with Gasteiger partial charge in [-0.15, -0.1) is 0 Å². The standard InChI is InChI=1S/C12H20O2/c1-3-4-5-6-12(13)14-11-8-7-10(2)9-11/h11H,2-9H2,1H3. The summed E-state index contributed by atoms with van der Waals surface area (Å²) >= 11 is 0. The lowest BCUT2D eigenvalue weighted by Gasteiger charge is -2.10. The number of carbonyl (C=O) groups excluding carboxylic acids is 1. The maximum Gasteiger partial charge on any atom is 0.306 e. The predicted octanol–water partition coefficient (Wildman–Crippen LogP) is 3.22. The van der Waals surface area contributed by atoms with Gasteiger partial charge in [-0.1, -0.05) is 31.9 Å². The summed E-state index contributed by atoms with van der Waals surface area (Å²) in [7, 11) is 0. The van der Waals surface area contributed by atoms with E-state index < -0.39 is 0 Å². The average molecular weight is 196 g/mol. The molecular formula is C12H20O2. The second-order valence-electron chi connectivity index (χ2n) is 4.06. The fraction of sp³-hybridized carbons (Fsp3) is 0.750. The second kappa shape index (κ2) is 5.84. The van der Waals surface area contributed by atoms with E-state index in [0.717, 1.165) is 38.5 Å². The Labute approximate surface area is 86.3 Å². The molecule has 2 nitrogen and oxygen atoms in total. The number of rotatable bonds is 5. The van der Waals surface area contributed by atoms with Crippen LogP contribution in [0.3, 0.4) is 0 Å². The number of esters is 1. The van der Waals surface area contributed by atoms with Crippen molar-refractivity contribution in [1.82, 2.24) is 0 Å². The first-order chi connectivity index (χ1) is 6.72. The van der Waals surface area contributed by atoms with Crippen molar-refractivity contribution in [2.45, 2.75) is 58.0 Å². The highest BCUT2D eigenvalue weighted by molar-refractivity contribution is 5.69. The minimum absolute atomic E-state index is 0.0295.